The number of nitrogens with zero attached hydrogens (tertiary/aromatic N) is 2. The highest BCUT2D eigenvalue weighted by Crippen LogP contribution is 2.19. The first-order valence-electron chi connectivity index (χ1n) is 8.57. The van der Waals surface area contributed by atoms with Gasteiger partial charge in [-0.3, -0.25) is 4.48 Å². The Balaban J connectivity index is 2.19. The van der Waals surface area contributed by atoms with Gasteiger partial charge in [-0.05, 0) is 29.1 Å². The Hall–Kier alpha value is -0.960. The lowest BCUT2D eigenvalue weighted by molar-refractivity contribution is -0.863. The quantitative estimate of drug-likeness (QED) is 0.355. The van der Waals surface area contributed by atoms with E-state index in [1.165, 1.54) is 17.7 Å². The molecule has 21 heavy (non-hydrogen) atoms. The van der Waals surface area contributed by atoms with Gasteiger partial charge < -0.3 is 0 Å². The summed E-state index contributed by atoms with van der Waals surface area (Å²) in [5, 5.41) is 0. The van der Waals surface area contributed by atoms with Crippen molar-refractivity contribution in [1.29, 1.82) is 0 Å². The SMILES string of the molecule is CC/C=C\C(C)CC[N+](=O)CCC[N+]1(C)C=CC(C)CC1. The van der Waals surface area contributed by atoms with Crippen LogP contribution in [0.1, 0.15) is 46.5 Å². The molecule has 3 heteroatoms. The van der Waals surface area contributed by atoms with Gasteiger partial charge in [-0.1, -0.05) is 32.9 Å². The van der Waals surface area contributed by atoms with Gasteiger partial charge in [0.05, 0.1) is 32.8 Å². The summed E-state index contributed by atoms with van der Waals surface area (Å²) in [6.45, 7) is 10.2. The summed E-state index contributed by atoms with van der Waals surface area (Å²) in [7, 11) is 2.27. The average molecular weight is 294 g/mol. The third kappa shape index (κ3) is 7.56. The van der Waals surface area contributed by atoms with Gasteiger partial charge in [0.2, 0.25) is 0 Å². The molecule has 0 saturated heterocycles. The highest BCUT2D eigenvalue weighted by molar-refractivity contribution is 4.85. The number of hydrogen-bond acceptors (Lipinski definition) is 1. The second kappa shape index (κ2) is 9.14. The van der Waals surface area contributed by atoms with Gasteiger partial charge >= 0.3 is 0 Å². The predicted octanol–water partition coefficient (Wildman–Crippen LogP) is 4.15. The van der Waals surface area contributed by atoms with Crippen molar-refractivity contribution >= 4 is 0 Å². The summed E-state index contributed by atoms with van der Waals surface area (Å²) in [6.07, 6.45) is 13.3. The van der Waals surface area contributed by atoms with E-state index in [9.17, 15) is 4.91 Å². The highest BCUT2D eigenvalue weighted by atomic mass is 16.3. The number of quaternary nitrogens is 1. The molecule has 0 aliphatic carbocycles. The Morgan fingerprint density at radius 1 is 1.43 bits per heavy atom. The molecule has 3 unspecified atom stereocenters. The Kier molecular flexibility index (Phi) is 7.87. The molecule has 1 aliphatic rings. The topological polar surface area (TPSA) is 20.1 Å². The average Bonchev–Trinajstić information content (AvgIpc) is 2.46. The summed E-state index contributed by atoms with van der Waals surface area (Å²) in [5.41, 5.74) is 0. The molecule has 0 amide bonds. The van der Waals surface area contributed by atoms with Gasteiger partial charge in [0.25, 0.3) is 0 Å². The van der Waals surface area contributed by atoms with Crippen molar-refractivity contribution in [2.45, 2.75) is 46.5 Å². The van der Waals surface area contributed by atoms with Crippen LogP contribution < -0.4 is 0 Å². The Morgan fingerprint density at radius 3 is 2.81 bits per heavy atom. The van der Waals surface area contributed by atoms with Gasteiger partial charge in [0.1, 0.15) is 0 Å². The molecule has 0 radical (unpaired) electrons. The van der Waals surface area contributed by atoms with Crippen LogP contribution in [0.4, 0.5) is 0 Å². The third-order valence-corrected chi connectivity index (χ3v) is 4.48. The molecule has 0 aromatic heterocycles. The van der Waals surface area contributed by atoms with Crippen LogP contribution in [0.5, 0.6) is 0 Å². The van der Waals surface area contributed by atoms with E-state index >= 15 is 0 Å². The molecule has 1 aliphatic heterocycles. The zero-order valence-electron chi connectivity index (χ0n) is 14.4. The number of allylic oxidation sites excluding steroid dienone is 3. The van der Waals surface area contributed by atoms with Crippen molar-refractivity contribution in [3.05, 3.63) is 29.3 Å². The van der Waals surface area contributed by atoms with Crippen molar-refractivity contribution in [2.75, 3.05) is 33.2 Å². The minimum Gasteiger partial charge on any atom is -0.300 e. The van der Waals surface area contributed by atoms with Crippen molar-refractivity contribution < 1.29 is 9.24 Å². The molecule has 0 bridgehead atoms. The van der Waals surface area contributed by atoms with Crippen LogP contribution >= 0.6 is 0 Å². The van der Waals surface area contributed by atoms with Crippen LogP contribution in [0, 0.1) is 16.7 Å². The van der Waals surface area contributed by atoms with Crippen LogP contribution in [-0.4, -0.2) is 42.5 Å². The van der Waals surface area contributed by atoms with Crippen LogP contribution in [-0.2, 0) is 0 Å². The minimum atomic E-state index is 0.512. The maximum Gasteiger partial charge on any atom is 0.197 e. The maximum atomic E-state index is 11.9. The number of nitroso groups, excluding NO2 is 1. The highest BCUT2D eigenvalue weighted by Gasteiger charge is 2.24. The predicted molar refractivity (Wildman–Crippen MR) is 90.0 cm³/mol. The molecular formula is C18H34N2O+2. The normalized spacial score (nSPS) is 27.1. The lowest BCUT2D eigenvalue weighted by atomic mass is 10.0. The molecule has 0 spiro atoms. The summed E-state index contributed by atoms with van der Waals surface area (Å²) < 4.78 is 2.24. The smallest absolute Gasteiger partial charge is 0.197 e. The Labute approximate surface area is 130 Å². The fourth-order valence-corrected chi connectivity index (χ4v) is 2.74. The van der Waals surface area contributed by atoms with Crippen LogP contribution in [0.3, 0.4) is 0 Å². The van der Waals surface area contributed by atoms with Gasteiger partial charge in [0, 0.05) is 17.7 Å². The zero-order chi connectivity index (χ0) is 15.7. The molecule has 0 N–H and O–H groups in total. The van der Waals surface area contributed by atoms with E-state index in [2.05, 4.69) is 52.2 Å². The first kappa shape index (κ1) is 18.1. The molecule has 0 aromatic rings. The van der Waals surface area contributed by atoms with Crippen LogP contribution in [0.2, 0.25) is 0 Å². The van der Waals surface area contributed by atoms with E-state index in [1.807, 2.05) is 0 Å². The molecule has 1 rings (SSSR count). The molecule has 0 aromatic carbocycles. The van der Waals surface area contributed by atoms with Crippen LogP contribution in [0.25, 0.3) is 0 Å². The van der Waals surface area contributed by atoms with Crippen molar-refractivity contribution in [3.63, 3.8) is 0 Å². The van der Waals surface area contributed by atoms with Gasteiger partial charge in [-0.15, -0.1) is 0 Å². The molecule has 120 valence electrons. The molecule has 3 nitrogen and oxygen atoms in total. The van der Waals surface area contributed by atoms with Crippen LogP contribution in [0.15, 0.2) is 24.4 Å². The minimum absolute atomic E-state index is 0.512. The summed E-state index contributed by atoms with van der Waals surface area (Å²) in [4.78, 5) is 11.9. The molecule has 0 saturated carbocycles. The first-order chi connectivity index (χ1) is 9.95. The van der Waals surface area contributed by atoms with Crippen molar-refractivity contribution in [3.8, 4) is 0 Å². The fraction of sp³-hybridized carbons (Fsp3) is 0.778. The molecular weight excluding hydrogens is 260 g/mol. The van der Waals surface area contributed by atoms with Crippen molar-refractivity contribution in [1.82, 2.24) is 0 Å². The largest absolute Gasteiger partial charge is 0.300 e. The standard InChI is InChI=1S/C18H34N2O/c1-5-6-8-17(2)9-13-19(21)12-7-14-20(4)15-10-18(3)11-16-20/h6,8,10,15,17-18H,5,7,9,11-14,16H2,1-4H3/q+2/b8-6-. The van der Waals surface area contributed by atoms with E-state index in [0.717, 1.165) is 30.3 Å². The first-order valence-corrected chi connectivity index (χ1v) is 8.57. The van der Waals surface area contributed by atoms with E-state index in [1.54, 1.807) is 0 Å². The van der Waals surface area contributed by atoms with Crippen molar-refractivity contribution in [2.24, 2.45) is 11.8 Å². The lowest BCUT2D eigenvalue weighted by Gasteiger charge is -2.34. The fourth-order valence-electron chi connectivity index (χ4n) is 2.74. The summed E-state index contributed by atoms with van der Waals surface area (Å²) >= 11 is 0. The van der Waals surface area contributed by atoms with E-state index < -0.39 is 0 Å². The molecule has 1 heterocycles. The lowest BCUT2D eigenvalue weighted by Crippen LogP contribution is -2.43. The summed E-state index contributed by atoms with van der Waals surface area (Å²) in [5.74, 6) is 1.22. The van der Waals surface area contributed by atoms with E-state index in [4.69, 9.17) is 0 Å². The van der Waals surface area contributed by atoms with Gasteiger partial charge in [-0.25, -0.2) is 0 Å². The zero-order valence-corrected chi connectivity index (χ0v) is 14.4. The maximum absolute atomic E-state index is 11.9. The monoisotopic (exact) mass is 294 g/mol. The Morgan fingerprint density at radius 2 is 2.19 bits per heavy atom. The number of rotatable bonds is 9. The second-order valence-corrected chi connectivity index (χ2v) is 6.92. The molecule has 3 atom stereocenters. The van der Waals surface area contributed by atoms with E-state index in [0.29, 0.717) is 24.9 Å². The summed E-state index contributed by atoms with van der Waals surface area (Å²) in [6, 6.07) is 0. The van der Waals surface area contributed by atoms with E-state index in [-0.39, 0.29) is 0 Å². The van der Waals surface area contributed by atoms with Gasteiger partial charge in [-0.2, -0.15) is 0 Å². The third-order valence-electron chi connectivity index (χ3n) is 4.48. The Bertz CT molecular complexity index is 375. The molecule has 0 fully saturated rings. The number of hydrogen-bond donors (Lipinski definition) is 0. The van der Waals surface area contributed by atoms with Gasteiger partial charge in [0.15, 0.2) is 13.1 Å². The second-order valence-electron chi connectivity index (χ2n) is 6.92.